The van der Waals surface area contributed by atoms with E-state index in [0.717, 1.165) is 73.1 Å². The van der Waals surface area contributed by atoms with Crippen LogP contribution in [0.2, 0.25) is 0 Å². The van der Waals surface area contributed by atoms with Crippen LogP contribution in [-0.2, 0) is 26.2 Å². The van der Waals surface area contributed by atoms with E-state index in [-0.39, 0.29) is 50.0 Å². The van der Waals surface area contributed by atoms with Crippen molar-refractivity contribution in [1.82, 2.24) is 25.6 Å². The van der Waals surface area contributed by atoms with Crippen LogP contribution in [0.15, 0.2) is 97.1 Å². The monoisotopic (exact) mass is 1020 g/mol. The number of carboxylic acids is 2. The Kier molecular flexibility index (Phi) is 15.3. The molecular formula is C59H63N5O11. The predicted molar refractivity (Wildman–Crippen MR) is 282 cm³/mol. The van der Waals surface area contributed by atoms with Crippen molar-refractivity contribution in [3.8, 4) is 28.7 Å². The molecule has 0 bridgehead atoms. The molecule has 0 saturated heterocycles. The summed E-state index contributed by atoms with van der Waals surface area (Å²) in [4.78, 5) is 51.2. The van der Waals surface area contributed by atoms with Gasteiger partial charge in [-0.2, -0.15) is 0 Å². The van der Waals surface area contributed by atoms with Gasteiger partial charge in [-0.05, 0) is 124 Å². The van der Waals surface area contributed by atoms with Crippen LogP contribution in [0.25, 0.3) is 32.6 Å². The van der Waals surface area contributed by atoms with Crippen LogP contribution in [-0.4, -0.2) is 81.4 Å². The fourth-order valence-corrected chi connectivity index (χ4v) is 11.2. The number of nitrogens with one attached hydrogen (secondary N) is 2. The van der Waals surface area contributed by atoms with Crippen LogP contribution in [0.5, 0.6) is 28.7 Å². The number of hydrogen-bond donors (Lipinski definition) is 4. The van der Waals surface area contributed by atoms with Crippen LogP contribution in [0.3, 0.4) is 0 Å². The Labute approximate surface area is 434 Å². The minimum Gasteiger partial charge on any atom is -0.494 e. The number of aryl methyl sites for hydroxylation is 1. The summed E-state index contributed by atoms with van der Waals surface area (Å²) in [6.07, 6.45) is 11.5. The van der Waals surface area contributed by atoms with Gasteiger partial charge in [0.2, 0.25) is 0 Å². The highest BCUT2D eigenvalue weighted by Gasteiger charge is 2.32. The van der Waals surface area contributed by atoms with Crippen LogP contribution < -0.4 is 34.3 Å². The van der Waals surface area contributed by atoms with E-state index < -0.39 is 30.1 Å². The molecule has 7 aromatic rings. The second kappa shape index (κ2) is 22.7. The summed E-state index contributed by atoms with van der Waals surface area (Å²) in [5.74, 6) is -1.29. The molecule has 3 aliphatic rings. The largest absolute Gasteiger partial charge is 0.494 e. The number of amides is 2. The summed E-state index contributed by atoms with van der Waals surface area (Å²) in [6.45, 7) is -0.270. The number of hydrogen-bond acceptors (Lipinski definition) is 11. The number of nitrogens with zero attached hydrogens (tertiary/aromatic N) is 3. The third-order valence-electron chi connectivity index (χ3n) is 15.0. The van der Waals surface area contributed by atoms with Gasteiger partial charge in [0, 0.05) is 36.5 Å². The maximum absolute atomic E-state index is 13.1. The highest BCUT2D eigenvalue weighted by Crippen LogP contribution is 2.46. The zero-order valence-corrected chi connectivity index (χ0v) is 42.3. The fraction of sp³-hybridized carbons (Fsp3) is 0.390. The van der Waals surface area contributed by atoms with Gasteiger partial charge in [0.1, 0.15) is 28.3 Å². The van der Waals surface area contributed by atoms with Crippen molar-refractivity contribution in [3.05, 3.63) is 125 Å². The Balaban J connectivity index is 0.944. The third kappa shape index (κ3) is 11.9. The van der Waals surface area contributed by atoms with Crippen molar-refractivity contribution < 1.29 is 53.1 Å². The number of carboxylic acid groups (broad SMARTS) is 2. The summed E-state index contributed by atoms with van der Waals surface area (Å²) < 4.78 is 32.7. The topological polar surface area (TPSA) is 210 Å². The molecule has 3 unspecified atom stereocenters. The molecule has 4 N–H and O–H groups in total. The van der Waals surface area contributed by atoms with Crippen molar-refractivity contribution in [2.45, 2.75) is 120 Å². The first-order chi connectivity index (χ1) is 36.4. The van der Waals surface area contributed by atoms with Gasteiger partial charge >= 0.3 is 11.9 Å². The van der Waals surface area contributed by atoms with Crippen LogP contribution in [0.1, 0.15) is 136 Å². The first kappa shape index (κ1) is 50.6. The number of fused-ring (bicyclic) bond motifs is 4. The minimum atomic E-state index is -1.02. The third-order valence-corrected chi connectivity index (χ3v) is 15.0. The molecule has 75 heavy (non-hydrogen) atoms. The Morgan fingerprint density at radius 2 is 1.16 bits per heavy atom. The summed E-state index contributed by atoms with van der Waals surface area (Å²) >= 11 is 0. The van der Waals surface area contributed by atoms with E-state index in [0.29, 0.717) is 67.4 Å². The van der Waals surface area contributed by atoms with Gasteiger partial charge in [-0.25, -0.2) is 4.68 Å². The van der Waals surface area contributed by atoms with Crippen molar-refractivity contribution >= 4 is 56.3 Å². The molecule has 1 aliphatic heterocycles. The van der Waals surface area contributed by atoms with Gasteiger partial charge in [-0.15, -0.1) is 5.10 Å². The lowest BCUT2D eigenvalue weighted by atomic mass is 9.85. The maximum Gasteiger partial charge on any atom is 0.304 e. The molecule has 2 saturated carbocycles. The van der Waals surface area contributed by atoms with E-state index in [2.05, 4.69) is 20.9 Å². The molecule has 0 radical (unpaired) electrons. The maximum atomic E-state index is 13.1. The van der Waals surface area contributed by atoms with E-state index in [1.165, 1.54) is 25.7 Å². The smallest absolute Gasteiger partial charge is 0.304 e. The Hall–Kier alpha value is -7.88. The highest BCUT2D eigenvalue weighted by atomic mass is 16.7. The standard InChI is InChI=1S/C59H63N5O11/c1-64-58-50(62-63-64)28-41(30-53(58)71-2)48(32-57(69)70)40-24-39-26-45(73-34-55(66)61-43-13-9-5-6-10-14-43)20-21-46(39)49(27-40)59-74-51-22-18-37(29-52(51)75-59)47(31-56(67)68)36-16-15-35-17-19-44(25-38(35)23-36)72-33-54(65)60-42-11-7-3-4-8-12-42/h15-30,42-43,47-48,59H,3-14,31-34H2,1-2H3,(H,60,65)(H,61,66)(H,67,68)(H,69,70). The Morgan fingerprint density at radius 1 is 0.613 bits per heavy atom. The van der Waals surface area contributed by atoms with E-state index >= 15 is 0 Å². The zero-order valence-electron chi connectivity index (χ0n) is 42.3. The Bertz CT molecular complexity index is 3250. The number of carbonyl (C=O) groups is 4. The number of benzene rings is 6. The van der Waals surface area contributed by atoms with Crippen LogP contribution in [0.4, 0.5) is 0 Å². The van der Waals surface area contributed by atoms with Crippen molar-refractivity contribution in [3.63, 3.8) is 0 Å². The number of rotatable bonds is 18. The second-order valence-corrected chi connectivity index (χ2v) is 20.2. The fourth-order valence-electron chi connectivity index (χ4n) is 11.2. The van der Waals surface area contributed by atoms with Crippen molar-refractivity contribution in [2.75, 3.05) is 20.3 Å². The quantitative estimate of drug-likeness (QED) is 0.0591. The van der Waals surface area contributed by atoms with E-state index in [1.807, 2.05) is 84.9 Å². The molecule has 16 nitrogen and oxygen atoms in total. The lowest BCUT2D eigenvalue weighted by Gasteiger charge is -2.21. The molecule has 16 heteroatoms. The van der Waals surface area contributed by atoms with Gasteiger partial charge in [-0.3, -0.25) is 19.2 Å². The molecule has 2 amide bonds. The number of aromatic nitrogens is 3. The van der Waals surface area contributed by atoms with Crippen molar-refractivity contribution in [2.24, 2.45) is 7.05 Å². The van der Waals surface area contributed by atoms with Crippen LogP contribution >= 0.6 is 0 Å². The van der Waals surface area contributed by atoms with Gasteiger partial charge in [-0.1, -0.05) is 99.0 Å². The highest BCUT2D eigenvalue weighted by molar-refractivity contribution is 5.90. The zero-order chi connectivity index (χ0) is 52.0. The summed E-state index contributed by atoms with van der Waals surface area (Å²) in [6, 6.07) is 30.1. The molecule has 2 fully saturated rings. The number of carbonyl (C=O) groups excluding carboxylic acids is 2. The van der Waals surface area contributed by atoms with E-state index in [9.17, 15) is 29.4 Å². The summed E-state index contributed by atoms with van der Waals surface area (Å²) in [7, 11) is 3.30. The van der Waals surface area contributed by atoms with Gasteiger partial charge in [0.15, 0.2) is 24.7 Å². The lowest BCUT2D eigenvalue weighted by molar-refractivity contribution is -0.138. The van der Waals surface area contributed by atoms with Gasteiger partial charge in [0.05, 0.1) is 20.0 Å². The van der Waals surface area contributed by atoms with E-state index in [4.69, 9.17) is 23.7 Å². The molecule has 10 rings (SSSR count). The van der Waals surface area contributed by atoms with Crippen molar-refractivity contribution in [1.29, 1.82) is 0 Å². The molecule has 2 heterocycles. The van der Waals surface area contributed by atoms with Gasteiger partial charge < -0.3 is 44.5 Å². The summed E-state index contributed by atoms with van der Waals surface area (Å²) in [5.41, 5.74) is 4.56. The number of methoxy groups -OCH3 is 1. The molecule has 0 spiro atoms. The Morgan fingerprint density at radius 3 is 1.80 bits per heavy atom. The molecule has 3 atom stereocenters. The van der Waals surface area contributed by atoms with Gasteiger partial charge in [0.25, 0.3) is 18.1 Å². The SMILES string of the molecule is COc1cc(C(CC(=O)O)c2cc(C3Oc4ccc(C(CC(=O)O)c5ccc6ccc(OCC(=O)NC7CCCCCC7)cc6c5)cc4O3)c3ccc(OCC(=O)NC4CCCCCC4)cc3c2)cc2nnn(C)c12. The first-order valence-corrected chi connectivity index (χ1v) is 26.2. The molecular weight excluding hydrogens is 955 g/mol. The minimum absolute atomic E-state index is 0.101. The first-order valence-electron chi connectivity index (χ1n) is 26.2. The molecule has 2 aliphatic carbocycles. The van der Waals surface area contributed by atoms with E-state index in [1.54, 1.807) is 31.0 Å². The lowest BCUT2D eigenvalue weighted by Crippen LogP contribution is -2.37. The number of aliphatic carboxylic acids is 2. The molecule has 6 aromatic carbocycles. The predicted octanol–water partition coefficient (Wildman–Crippen LogP) is 10.4. The average molecular weight is 1020 g/mol. The molecule has 1 aromatic heterocycles. The summed E-state index contributed by atoms with van der Waals surface area (Å²) in [5, 5.41) is 38.6. The average Bonchev–Trinajstić information content (AvgIpc) is 3.79. The number of ether oxygens (including phenoxy) is 5. The van der Waals surface area contributed by atoms with Crippen LogP contribution in [0, 0.1) is 0 Å². The molecule has 390 valence electrons. The normalized spacial score (nSPS) is 17.0. The second-order valence-electron chi connectivity index (χ2n) is 20.2.